The van der Waals surface area contributed by atoms with Crippen LogP contribution in [-0.4, -0.2) is 28.5 Å². The number of hydrogen-bond acceptors (Lipinski definition) is 5. The predicted octanol–water partition coefficient (Wildman–Crippen LogP) is 5.73. The number of halogens is 2. The molecule has 0 unspecified atom stereocenters. The predicted molar refractivity (Wildman–Crippen MR) is 117 cm³/mol. The fourth-order valence-electron chi connectivity index (χ4n) is 3.82. The number of nitrogens with one attached hydrogen (secondary N) is 1. The summed E-state index contributed by atoms with van der Waals surface area (Å²) < 4.78 is 13.4. The minimum atomic E-state index is -0.520. The molecule has 4 rings (SSSR count). The first kappa shape index (κ1) is 20.0. The molecule has 0 saturated carbocycles. The summed E-state index contributed by atoms with van der Waals surface area (Å²) in [4.78, 5) is 26.0. The summed E-state index contributed by atoms with van der Waals surface area (Å²) >= 11 is 7.18. The molecule has 1 saturated heterocycles. The van der Waals surface area contributed by atoms with Gasteiger partial charge in [0.25, 0.3) is 5.91 Å². The number of carbonyl (C=O) groups excluding carboxylic acids is 1. The summed E-state index contributed by atoms with van der Waals surface area (Å²) in [6.07, 6.45) is 3.49. The molecule has 1 fully saturated rings. The van der Waals surface area contributed by atoms with Gasteiger partial charge in [-0.05, 0) is 63.8 Å². The van der Waals surface area contributed by atoms with E-state index in [2.05, 4.69) is 22.1 Å². The molecular weight excluding hydrogens is 411 g/mol. The first-order valence-corrected chi connectivity index (χ1v) is 10.9. The summed E-state index contributed by atoms with van der Waals surface area (Å²) in [7, 11) is 0. The van der Waals surface area contributed by atoms with Crippen molar-refractivity contribution in [2.24, 2.45) is 0 Å². The standard InChI is InChI=1S/C21H22ClFN4OS/c1-11-6-4-5-9-27(11)19-17-12(2)18(29-21(17)25-13(3)24-19)20(28)26-14-7-8-16(23)15(22)10-14/h7-8,10-11H,4-6,9H2,1-3H3,(H,26,28)/t11-/m1/s1. The molecule has 8 heteroatoms. The van der Waals surface area contributed by atoms with Crippen LogP contribution in [0.5, 0.6) is 0 Å². The van der Waals surface area contributed by atoms with Gasteiger partial charge in [0.1, 0.15) is 22.3 Å². The van der Waals surface area contributed by atoms with Crippen molar-refractivity contribution in [1.29, 1.82) is 0 Å². The van der Waals surface area contributed by atoms with Crippen molar-refractivity contribution in [3.63, 3.8) is 0 Å². The second-order valence-electron chi connectivity index (χ2n) is 7.45. The summed E-state index contributed by atoms with van der Waals surface area (Å²) in [6, 6.07) is 4.54. The zero-order valence-corrected chi connectivity index (χ0v) is 18.1. The van der Waals surface area contributed by atoms with Gasteiger partial charge < -0.3 is 10.2 Å². The Kier molecular flexibility index (Phi) is 5.44. The van der Waals surface area contributed by atoms with E-state index in [4.69, 9.17) is 16.6 Å². The van der Waals surface area contributed by atoms with Crippen LogP contribution in [0.15, 0.2) is 18.2 Å². The summed E-state index contributed by atoms with van der Waals surface area (Å²) in [6.45, 7) is 6.99. The van der Waals surface area contributed by atoms with Gasteiger partial charge in [-0.25, -0.2) is 14.4 Å². The summed E-state index contributed by atoms with van der Waals surface area (Å²) in [5.41, 5.74) is 1.31. The lowest BCUT2D eigenvalue weighted by molar-refractivity contribution is 0.103. The maximum Gasteiger partial charge on any atom is 0.266 e. The third-order valence-corrected chi connectivity index (χ3v) is 6.82. The van der Waals surface area contributed by atoms with Crippen LogP contribution >= 0.6 is 22.9 Å². The van der Waals surface area contributed by atoms with Crippen LogP contribution in [0, 0.1) is 19.7 Å². The zero-order valence-electron chi connectivity index (χ0n) is 16.6. The Hall–Kier alpha value is -2.25. The Balaban J connectivity index is 1.74. The topological polar surface area (TPSA) is 58.1 Å². The van der Waals surface area contributed by atoms with Gasteiger partial charge in [0.05, 0.1) is 15.3 Å². The maximum atomic E-state index is 13.4. The Morgan fingerprint density at radius 1 is 1.31 bits per heavy atom. The van der Waals surface area contributed by atoms with E-state index in [0.29, 0.717) is 22.4 Å². The SMILES string of the molecule is Cc1nc(N2CCCC[C@H]2C)c2c(C)c(C(=O)Nc3ccc(F)c(Cl)c3)sc2n1. The molecule has 1 aliphatic rings. The number of carbonyl (C=O) groups is 1. The molecule has 29 heavy (non-hydrogen) atoms. The van der Waals surface area contributed by atoms with Crippen LogP contribution in [0.2, 0.25) is 5.02 Å². The molecule has 1 aromatic carbocycles. The minimum Gasteiger partial charge on any atom is -0.353 e. The average molecular weight is 433 g/mol. The van der Waals surface area contributed by atoms with Gasteiger partial charge in [-0.2, -0.15) is 0 Å². The van der Waals surface area contributed by atoms with E-state index in [-0.39, 0.29) is 10.9 Å². The monoisotopic (exact) mass is 432 g/mol. The number of hydrogen-bond donors (Lipinski definition) is 1. The van der Waals surface area contributed by atoms with Crippen molar-refractivity contribution < 1.29 is 9.18 Å². The average Bonchev–Trinajstić information content (AvgIpc) is 3.01. The van der Waals surface area contributed by atoms with Crippen LogP contribution in [0.4, 0.5) is 15.9 Å². The first-order chi connectivity index (χ1) is 13.8. The van der Waals surface area contributed by atoms with Crippen LogP contribution in [0.1, 0.15) is 47.2 Å². The molecule has 0 radical (unpaired) electrons. The Morgan fingerprint density at radius 3 is 2.83 bits per heavy atom. The number of thiophene rings is 1. The largest absolute Gasteiger partial charge is 0.353 e. The number of benzene rings is 1. The van der Waals surface area contributed by atoms with Gasteiger partial charge >= 0.3 is 0 Å². The first-order valence-electron chi connectivity index (χ1n) is 9.66. The molecule has 1 amide bonds. The number of aromatic nitrogens is 2. The van der Waals surface area contributed by atoms with E-state index >= 15 is 0 Å². The fraction of sp³-hybridized carbons (Fsp3) is 0.381. The fourth-order valence-corrected chi connectivity index (χ4v) is 5.12. The second-order valence-corrected chi connectivity index (χ2v) is 8.86. The van der Waals surface area contributed by atoms with Gasteiger partial charge in [-0.3, -0.25) is 4.79 Å². The van der Waals surface area contributed by atoms with Crippen molar-refractivity contribution in [1.82, 2.24) is 9.97 Å². The van der Waals surface area contributed by atoms with E-state index in [1.807, 2.05) is 13.8 Å². The number of fused-ring (bicyclic) bond motifs is 1. The van der Waals surface area contributed by atoms with E-state index in [0.717, 1.165) is 41.0 Å². The highest BCUT2D eigenvalue weighted by atomic mass is 35.5. The number of nitrogens with zero attached hydrogens (tertiary/aromatic N) is 3. The zero-order chi connectivity index (χ0) is 20.7. The van der Waals surface area contributed by atoms with Crippen molar-refractivity contribution >= 4 is 50.6 Å². The Bertz CT molecular complexity index is 1100. The van der Waals surface area contributed by atoms with E-state index in [1.165, 1.54) is 36.0 Å². The third-order valence-electron chi connectivity index (χ3n) is 5.34. The molecular formula is C21H22ClFN4OS. The smallest absolute Gasteiger partial charge is 0.266 e. The molecule has 0 aliphatic carbocycles. The van der Waals surface area contributed by atoms with Gasteiger partial charge in [0.2, 0.25) is 0 Å². The quantitative estimate of drug-likeness (QED) is 0.574. The molecule has 1 aliphatic heterocycles. The Morgan fingerprint density at radius 2 is 2.10 bits per heavy atom. The Labute approximate surface area is 177 Å². The highest BCUT2D eigenvalue weighted by Gasteiger charge is 2.26. The van der Waals surface area contributed by atoms with Crippen LogP contribution in [0.3, 0.4) is 0 Å². The number of aryl methyl sites for hydroxylation is 2. The highest BCUT2D eigenvalue weighted by molar-refractivity contribution is 7.20. The molecule has 1 N–H and O–H groups in total. The number of piperidine rings is 1. The lowest BCUT2D eigenvalue weighted by Crippen LogP contribution is -2.38. The van der Waals surface area contributed by atoms with E-state index in [1.54, 1.807) is 0 Å². The van der Waals surface area contributed by atoms with Crippen LogP contribution < -0.4 is 10.2 Å². The maximum absolute atomic E-state index is 13.4. The lowest BCUT2D eigenvalue weighted by atomic mass is 10.0. The minimum absolute atomic E-state index is 0.0290. The lowest BCUT2D eigenvalue weighted by Gasteiger charge is -2.35. The normalized spacial score (nSPS) is 17.0. The number of rotatable bonds is 3. The van der Waals surface area contributed by atoms with E-state index < -0.39 is 5.82 Å². The van der Waals surface area contributed by atoms with Crippen molar-refractivity contribution in [2.75, 3.05) is 16.8 Å². The van der Waals surface area contributed by atoms with Crippen molar-refractivity contribution in [3.8, 4) is 0 Å². The molecule has 5 nitrogen and oxygen atoms in total. The van der Waals surface area contributed by atoms with Crippen molar-refractivity contribution in [3.05, 3.63) is 45.3 Å². The number of amides is 1. The molecule has 3 aromatic rings. The van der Waals surface area contributed by atoms with Gasteiger partial charge in [-0.1, -0.05) is 11.6 Å². The van der Waals surface area contributed by atoms with Crippen LogP contribution in [-0.2, 0) is 0 Å². The second kappa shape index (κ2) is 7.88. The van der Waals surface area contributed by atoms with Crippen LogP contribution in [0.25, 0.3) is 10.2 Å². The van der Waals surface area contributed by atoms with Crippen molar-refractivity contribution in [2.45, 2.75) is 46.1 Å². The van der Waals surface area contributed by atoms with Gasteiger partial charge in [0.15, 0.2) is 0 Å². The molecule has 152 valence electrons. The third kappa shape index (κ3) is 3.81. The summed E-state index contributed by atoms with van der Waals surface area (Å²) in [5, 5.41) is 3.72. The number of anilines is 2. The van der Waals surface area contributed by atoms with Gasteiger partial charge in [0, 0.05) is 18.3 Å². The van der Waals surface area contributed by atoms with E-state index in [9.17, 15) is 9.18 Å². The molecule has 0 bridgehead atoms. The molecule has 3 heterocycles. The molecule has 2 aromatic heterocycles. The molecule has 1 atom stereocenters. The molecule has 0 spiro atoms. The highest BCUT2D eigenvalue weighted by Crippen LogP contribution is 2.38. The summed E-state index contributed by atoms with van der Waals surface area (Å²) in [5.74, 6) is 0.832. The van der Waals surface area contributed by atoms with Gasteiger partial charge in [-0.15, -0.1) is 11.3 Å².